The van der Waals surface area contributed by atoms with Crippen LogP contribution in [0.4, 0.5) is 23.5 Å². The number of nitrogens with one attached hydrogen (secondary N) is 2. The summed E-state index contributed by atoms with van der Waals surface area (Å²) in [5, 5.41) is 17.6. The van der Waals surface area contributed by atoms with Crippen molar-refractivity contribution in [3.8, 4) is 5.75 Å². The molecule has 1 aliphatic heterocycles. The number of hydrogen-bond acceptors (Lipinski definition) is 8. The van der Waals surface area contributed by atoms with Crippen molar-refractivity contribution in [3.05, 3.63) is 92.4 Å². The number of benzene rings is 3. The zero-order chi connectivity index (χ0) is 27.2. The van der Waals surface area contributed by atoms with Gasteiger partial charge in [0.05, 0.1) is 15.2 Å². The van der Waals surface area contributed by atoms with Crippen molar-refractivity contribution < 1.29 is 5.11 Å². The van der Waals surface area contributed by atoms with E-state index >= 15 is 0 Å². The Hall–Kier alpha value is -3.50. The standard InChI is InChI=1S/C29H29Br2N7O/c1-19-7-9-23(10-8-19)33-27-34-28(37-32-18-22-16-24(30)26(39)25(31)17-22)36-29(35-27)38-13-11-21(12-14-38)15-20-5-3-2-4-6-20/h2-10,16-18,21,39H,11-15H2,1H3,(H2,33,34,35,36,37)/b32-18-. The Morgan fingerprint density at radius 3 is 2.31 bits per heavy atom. The number of rotatable bonds is 8. The first-order valence-electron chi connectivity index (χ1n) is 12.8. The summed E-state index contributed by atoms with van der Waals surface area (Å²) in [6, 6.07) is 22.3. The first-order valence-corrected chi connectivity index (χ1v) is 14.4. The minimum absolute atomic E-state index is 0.140. The molecule has 0 spiro atoms. The lowest BCUT2D eigenvalue weighted by Crippen LogP contribution is -2.35. The number of aromatic hydroxyl groups is 1. The molecule has 1 saturated heterocycles. The minimum atomic E-state index is 0.140. The maximum atomic E-state index is 9.95. The summed E-state index contributed by atoms with van der Waals surface area (Å²) in [7, 11) is 0. The predicted molar refractivity (Wildman–Crippen MR) is 164 cm³/mol. The zero-order valence-corrected chi connectivity index (χ0v) is 24.7. The normalized spacial score (nSPS) is 14.1. The van der Waals surface area contributed by atoms with Gasteiger partial charge in [-0.05, 0) is 99.4 Å². The molecule has 0 bridgehead atoms. The quantitative estimate of drug-likeness (QED) is 0.139. The van der Waals surface area contributed by atoms with Gasteiger partial charge in [-0.25, -0.2) is 5.43 Å². The van der Waals surface area contributed by atoms with Crippen molar-refractivity contribution in [2.24, 2.45) is 11.0 Å². The van der Waals surface area contributed by atoms with E-state index in [-0.39, 0.29) is 5.75 Å². The third-order valence-corrected chi connectivity index (χ3v) is 7.82. The highest BCUT2D eigenvalue weighted by Crippen LogP contribution is 2.33. The molecule has 0 atom stereocenters. The maximum Gasteiger partial charge on any atom is 0.250 e. The number of hydrogen-bond donors (Lipinski definition) is 3. The van der Waals surface area contributed by atoms with Gasteiger partial charge in [-0.1, -0.05) is 48.0 Å². The highest BCUT2D eigenvalue weighted by Gasteiger charge is 2.22. The Morgan fingerprint density at radius 2 is 1.62 bits per heavy atom. The summed E-state index contributed by atoms with van der Waals surface area (Å²) >= 11 is 6.69. The molecule has 3 N–H and O–H groups in total. The van der Waals surface area contributed by atoms with E-state index in [0.29, 0.717) is 32.7 Å². The highest BCUT2D eigenvalue weighted by molar-refractivity contribution is 9.11. The second kappa shape index (κ2) is 12.6. The second-order valence-electron chi connectivity index (χ2n) is 9.60. The molecule has 200 valence electrons. The average molecular weight is 651 g/mol. The first kappa shape index (κ1) is 27.1. The van der Waals surface area contributed by atoms with E-state index in [0.717, 1.165) is 43.6 Å². The van der Waals surface area contributed by atoms with Gasteiger partial charge in [0.15, 0.2) is 0 Å². The van der Waals surface area contributed by atoms with Gasteiger partial charge >= 0.3 is 0 Å². The summed E-state index contributed by atoms with van der Waals surface area (Å²) in [4.78, 5) is 16.2. The molecule has 10 heteroatoms. The molecule has 3 aromatic carbocycles. The molecule has 1 aromatic heterocycles. The van der Waals surface area contributed by atoms with E-state index in [1.807, 2.05) is 24.3 Å². The van der Waals surface area contributed by atoms with Crippen LogP contribution in [0, 0.1) is 12.8 Å². The smallest absolute Gasteiger partial charge is 0.250 e. The van der Waals surface area contributed by atoms with Gasteiger partial charge < -0.3 is 15.3 Å². The zero-order valence-electron chi connectivity index (χ0n) is 21.5. The van der Waals surface area contributed by atoms with Crippen molar-refractivity contribution in [1.82, 2.24) is 15.0 Å². The van der Waals surface area contributed by atoms with Gasteiger partial charge in [0, 0.05) is 18.8 Å². The van der Waals surface area contributed by atoms with Crippen LogP contribution in [-0.2, 0) is 6.42 Å². The van der Waals surface area contributed by atoms with Crippen LogP contribution in [0.2, 0.25) is 0 Å². The molecular formula is C29H29Br2N7O. The van der Waals surface area contributed by atoms with Crippen molar-refractivity contribution in [2.45, 2.75) is 26.2 Å². The van der Waals surface area contributed by atoms with Crippen molar-refractivity contribution in [3.63, 3.8) is 0 Å². The van der Waals surface area contributed by atoms with Crippen LogP contribution in [0.1, 0.15) is 29.5 Å². The Labute approximate surface area is 244 Å². The van der Waals surface area contributed by atoms with Crippen molar-refractivity contribution >= 4 is 61.6 Å². The first-order chi connectivity index (χ1) is 18.9. The number of phenolic OH excluding ortho intramolecular Hbond substituents is 1. The highest BCUT2D eigenvalue weighted by atomic mass is 79.9. The van der Waals surface area contributed by atoms with Gasteiger partial charge in [-0.15, -0.1) is 0 Å². The van der Waals surface area contributed by atoms with Crippen molar-refractivity contribution in [2.75, 3.05) is 28.7 Å². The molecule has 5 rings (SSSR count). The molecule has 1 fully saturated rings. The van der Waals surface area contributed by atoms with Gasteiger partial charge in [0.1, 0.15) is 5.75 Å². The summed E-state index contributed by atoms with van der Waals surface area (Å²) < 4.78 is 1.14. The average Bonchev–Trinajstić information content (AvgIpc) is 2.94. The van der Waals surface area contributed by atoms with Gasteiger partial charge in [0.25, 0.3) is 0 Å². The number of halogens is 2. The third kappa shape index (κ3) is 7.33. The topological polar surface area (TPSA) is 98.6 Å². The van der Waals surface area contributed by atoms with E-state index in [1.165, 1.54) is 11.1 Å². The lowest BCUT2D eigenvalue weighted by atomic mass is 9.90. The van der Waals surface area contributed by atoms with E-state index in [9.17, 15) is 5.11 Å². The van der Waals surface area contributed by atoms with E-state index in [2.05, 4.69) is 99.8 Å². The number of piperidine rings is 1. The number of aromatic nitrogens is 3. The van der Waals surface area contributed by atoms with E-state index in [4.69, 9.17) is 4.98 Å². The van der Waals surface area contributed by atoms with Crippen LogP contribution < -0.4 is 15.6 Å². The minimum Gasteiger partial charge on any atom is -0.506 e. The monoisotopic (exact) mass is 649 g/mol. The summed E-state index contributed by atoms with van der Waals surface area (Å²) in [6.45, 7) is 3.81. The summed E-state index contributed by atoms with van der Waals surface area (Å²) in [5.74, 6) is 2.19. The van der Waals surface area contributed by atoms with Crippen LogP contribution in [0.15, 0.2) is 80.8 Å². The molecule has 0 saturated carbocycles. The summed E-state index contributed by atoms with van der Waals surface area (Å²) in [5.41, 5.74) is 7.20. The van der Waals surface area contributed by atoms with Gasteiger partial charge in [-0.2, -0.15) is 20.1 Å². The number of hydrazone groups is 1. The van der Waals surface area contributed by atoms with Gasteiger partial charge in [0.2, 0.25) is 17.8 Å². The van der Waals surface area contributed by atoms with Crippen LogP contribution in [-0.4, -0.2) is 39.4 Å². The SMILES string of the molecule is Cc1ccc(Nc2nc(N/N=C\c3cc(Br)c(O)c(Br)c3)nc(N3CCC(Cc4ccccc4)CC3)n2)cc1. The lowest BCUT2D eigenvalue weighted by Gasteiger charge is -2.32. The van der Waals surface area contributed by atoms with Crippen LogP contribution in [0.3, 0.4) is 0 Å². The Morgan fingerprint density at radius 1 is 0.949 bits per heavy atom. The largest absolute Gasteiger partial charge is 0.506 e. The lowest BCUT2D eigenvalue weighted by molar-refractivity contribution is 0.400. The molecule has 0 radical (unpaired) electrons. The number of aryl methyl sites for hydroxylation is 1. The fourth-order valence-corrected chi connectivity index (χ4v) is 5.71. The molecule has 8 nitrogen and oxygen atoms in total. The maximum absolute atomic E-state index is 9.95. The van der Waals surface area contributed by atoms with Crippen LogP contribution in [0.25, 0.3) is 0 Å². The van der Waals surface area contributed by atoms with E-state index < -0.39 is 0 Å². The Balaban J connectivity index is 1.33. The molecule has 4 aromatic rings. The predicted octanol–water partition coefficient (Wildman–Crippen LogP) is 7.06. The molecule has 2 heterocycles. The molecule has 39 heavy (non-hydrogen) atoms. The van der Waals surface area contributed by atoms with Gasteiger partial charge in [-0.3, -0.25) is 0 Å². The molecule has 0 amide bonds. The molecule has 0 unspecified atom stereocenters. The van der Waals surface area contributed by atoms with Crippen LogP contribution >= 0.6 is 31.9 Å². The van der Waals surface area contributed by atoms with Crippen molar-refractivity contribution in [1.29, 1.82) is 0 Å². The third-order valence-electron chi connectivity index (χ3n) is 6.61. The molecule has 1 aliphatic rings. The molecule has 0 aliphatic carbocycles. The summed E-state index contributed by atoms with van der Waals surface area (Å²) in [6.07, 6.45) is 4.89. The fraction of sp³-hybridized carbons (Fsp3) is 0.241. The second-order valence-corrected chi connectivity index (χ2v) is 11.3. The van der Waals surface area contributed by atoms with Crippen LogP contribution in [0.5, 0.6) is 5.75 Å². The Bertz CT molecular complexity index is 1420. The number of phenols is 1. The van der Waals surface area contributed by atoms with E-state index in [1.54, 1.807) is 18.3 Å². The fourth-order valence-electron chi connectivity index (χ4n) is 4.49. The molecular weight excluding hydrogens is 622 g/mol. The number of nitrogens with zero attached hydrogens (tertiary/aromatic N) is 5. The number of anilines is 4. The Kier molecular flexibility index (Phi) is 8.73.